The number of rotatable bonds is 4. The molecule has 1 aromatic carbocycles. The van der Waals surface area contributed by atoms with Crippen LogP contribution in [0.5, 0.6) is 5.75 Å². The Morgan fingerprint density at radius 2 is 2.12 bits per heavy atom. The molecule has 0 aliphatic rings. The lowest BCUT2D eigenvalue weighted by atomic mass is 9.84. The van der Waals surface area contributed by atoms with Gasteiger partial charge in [0.25, 0.3) is 0 Å². The van der Waals surface area contributed by atoms with E-state index in [1.807, 2.05) is 13.8 Å². The summed E-state index contributed by atoms with van der Waals surface area (Å²) in [7, 11) is 1.52. The molecule has 3 nitrogen and oxygen atoms in total. The number of nitrogens with two attached hydrogens (primary N) is 1. The molecular weight excluding hydrogens is 226 g/mol. The van der Waals surface area contributed by atoms with Crippen LogP contribution >= 0.6 is 11.6 Å². The molecule has 0 spiro atoms. The van der Waals surface area contributed by atoms with Gasteiger partial charge in [-0.3, -0.25) is 4.79 Å². The molecule has 16 heavy (non-hydrogen) atoms. The van der Waals surface area contributed by atoms with Crippen molar-refractivity contribution in [2.45, 2.75) is 13.8 Å². The van der Waals surface area contributed by atoms with Gasteiger partial charge in [0.05, 0.1) is 12.1 Å². The highest BCUT2D eigenvalue weighted by Crippen LogP contribution is 2.28. The number of halogens is 1. The molecule has 88 valence electrons. The highest BCUT2D eigenvalue weighted by atomic mass is 35.5. The second kappa shape index (κ2) is 4.85. The Labute approximate surface area is 101 Å². The van der Waals surface area contributed by atoms with Crippen molar-refractivity contribution in [3.63, 3.8) is 0 Å². The second-order valence-electron chi connectivity index (χ2n) is 4.27. The van der Waals surface area contributed by atoms with E-state index in [1.54, 1.807) is 18.2 Å². The first-order valence-electron chi connectivity index (χ1n) is 5.01. The number of hydrogen-bond donors (Lipinski definition) is 1. The molecule has 0 aliphatic carbocycles. The number of hydrogen-bond acceptors (Lipinski definition) is 3. The smallest absolute Gasteiger partial charge is 0.169 e. The molecule has 0 radical (unpaired) electrons. The van der Waals surface area contributed by atoms with Gasteiger partial charge in [0.2, 0.25) is 0 Å². The normalized spacial score (nSPS) is 11.3. The van der Waals surface area contributed by atoms with Crippen molar-refractivity contribution in [2.75, 3.05) is 13.7 Å². The van der Waals surface area contributed by atoms with E-state index < -0.39 is 5.41 Å². The lowest BCUT2D eigenvalue weighted by molar-refractivity contribution is 0.0847. The van der Waals surface area contributed by atoms with Crippen LogP contribution < -0.4 is 10.5 Å². The summed E-state index contributed by atoms with van der Waals surface area (Å²) in [4.78, 5) is 12.1. The summed E-state index contributed by atoms with van der Waals surface area (Å²) in [6, 6.07) is 4.98. The fraction of sp³-hybridized carbons (Fsp3) is 0.417. The van der Waals surface area contributed by atoms with Crippen LogP contribution in [-0.2, 0) is 0 Å². The van der Waals surface area contributed by atoms with Gasteiger partial charge in [-0.05, 0) is 18.2 Å². The van der Waals surface area contributed by atoms with E-state index in [0.717, 1.165) is 0 Å². The topological polar surface area (TPSA) is 52.3 Å². The van der Waals surface area contributed by atoms with Crippen molar-refractivity contribution >= 4 is 17.4 Å². The zero-order valence-corrected chi connectivity index (χ0v) is 10.5. The molecule has 1 aromatic rings. The van der Waals surface area contributed by atoms with E-state index >= 15 is 0 Å². The third kappa shape index (κ3) is 2.54. The third-order valence-electron chi connectivity index (χ3n) is 2.54. The van der Waals surface area contributed by atoms with Crippen LogP contribution in [-0.4, -0.2) is 19.4 Å². The maximum absolute atomic E-state index is 12.1. The standard InChI is InChI=1S/C12H16ClNO2/c1-12(2,7-14)11(15)8-4-5-9(13)10(6-8)16-3/h4-6H,7,14H2,1-3H3. The Morgan fingerprint density at radius 1 is 1.50 bits per heavy atom. The van der Waals surface area contributed by atoms with E-state index in [0.29, 0.717) is 22.9 Å². The van der Waals surface area contributed by atoms with Crippen LogP contribution in [0.15, 0.2) is 18.2 Å². The van der Waals surface area contributed by atoms with Gasteiger partial charge < -0.3 is 10.5 Å². The average molecular weight is 242 g/mol. The zero-order valence-electron chi connectivity index (χ0n) is 9.71. The Bertz CT molecular complexity index is 402. The first-order valence-corrected chi connectivity index (χ1v) is 5.38. The van der Waals surface area contributed by atoms with Crippen LogP contribution in [0.25, 0.3) is 0 Å². The molecule has 0 saturated heterocycles. The van der Waals surface area contributed by atoms with Crippen LogP contribution in [0.4, 0.5) is 0 Å². The number of carbonyl (C=O) groups excluding carboxylic acids is 1. The van der Waals surface area contributed by atoms with Crippen molar-refractivity contribution < 1.29 is 9.53 Å². The molecular formula is C12H16ClNO2. The van der Waals surface area contributed by atoms with Crippen molar-refractivity contribution in [1.29, 1.82) is 0 Å². The molecule has 0 unspecified atom stereocenters. The van der Waals surface area contributed by atoms with Crippen LogP contribution in [0.2, 0.25) is 5.02 Å². The highest BCUT2D eigenvalue weighted by Gasteiger charge is 2.27. The highest BCUT2D eigenvalue weighted by molar-refractivity contribution is 6.32. The molecule has 0 fully saturated rings. The minimum atomic E-state index is -0.571. The Balaban J connectivity index is 3.10. The van der Waals surface area contributed by atoms with Crippen molar-refractivity contribution in [1.82, 2.24) is 0 Å². The molecule has 2 N–H and O–H groups in total. The van der Waals surface area contributed by atoms with Crippen LogP contribution in [0.3, 0.4) is 0 Å². The third-order valence-corrected chi connectivity index (χ3v) is 2.85. The van der Waals surface area contributed by atoms with E-state index in [2.05, 4.69) is 0 Å². The number of carbonyl (C=O) groups is 1. The van der Waals surface area contributed by atoms with Crippen LogP contribution in [0.1, 0.15) is 24.2 Å². The summed E-state index contributed by atoms with van der Waals surface area (Å²) >= 11 is 5.89. The minimum Gasteiger partial charge on any atom is -0.495 e. The van der Waals surface area contributed by atoms with Gasteiger partial charge in [-0.15, -0.1) is 0 Å². The lowest BCUT2D eigenvalue weighted by Crippen LogP contribution is -2.32. The number of methoxy groups -OCH3 is 1. The van der Waals surface area contributed by atoms with E-state index in [4.69, 9.17) is 22.1 Å². The van der Waals surface area contributed by atoms with Gasteiger partial charge in [0.15, 0.2) is 5.78 Å². The SMILES string of the molecule is COc1cc(C(=O)C(C)(C)CN)ccc1Cl. The second-order valence-corrected chi connectivity index (χ2v) is 4.67. The fourth-order valence-electron chi connectivity index (χ4n) is 1.28. The van der Waals surface area contributed by atoms with Crippen molar-refractivity contribution in [3.8, 4) is 5.75 Å². The van der Waals surface area contributed by atoms with Crippen LogP contribution in [0, 0.1) is 5.41 Å². The number of ether oxygens (including phenoxy) is 1. The Morgan fingerprint density at radius 3 is 2.62 bits per heavy atom. The monoisotopic (exact) mass is 241 g/mol. The van der Waals surface area contributed by atoms with Crippen molar-refractivity contribution in [2.24, 2.45) is 11.1 Å². The summed E-state index contributed by atoms with van der Waals surface area (Å²) < 4.78 is 5.07. The van der Waals surface area contributed by atoms with Gasteiger partial charge in [-0.25, -0.2) is 0 Å². The summed E-state index contributed by atoms with van der Waals surface area (Å²) in [5.41, 5.74) is 5.56. The molecule has 0 amide bonds. The Hall–Kier alpha value is -1.06. The molecule has 0 saturated carbocycles. The van der Waals surface area contributed by atoms with Gasteiger partial charge in [0, 0.05) is 17.5 Å². The lowest BCUT2D eigenvalue weighted by Gasteiger charge is -2.20. The minimum absolute atomic E-state index is 0.00929. The summed E-state index contributed by atoms with van der Waals surface area (Å²) in [6.45, 7) is 3.93. The maximum atomic E-state index is 12.1. The van der Waals surface area contributed by atoms with E-state index in [1.165, 1.54) is 7.11 Å². The molecule has 0 aliphatic heterocycles. The number of ketones is 1. The first-order chi connectivity index (χ1) is 7.42. The van der Waals surface area contributed by atoms with E-state index in [9.17, 15) is 4.79 Å². The largest absolute Gasteiger partial charge is 0.495 e. The fourth-order valence-corrected chi connectivity index (χ4v) is 1.48. The zero-order chi connectivity index (χ0) is 12.3. The maximum Gasteiger partial charge on any atom is 0.169 e. The summed E-state index contributed by atoms with van der Waals surface area (Å²) in [5.74, 6) is 0.491. The molecule has 0 atom stereocenters. The predicted octanol–water partition coefficient (Wildman–Crippen LogP) is 2.52. The van der Waals surface area contributed by atoms with Gasteiger partial charge in [0.1, 0.15) is 5.75 Å². The number of Topliss-reactive ketones (excluding diaryl/α,β-unsaturated/α-hetero) is 1. The Kier molecular flexibility index (Phi) is 3.94. The quantitative estimate of drug-likeness (QED) is 0.825. The first kappa shape index (κ1) is 13.0. The molecule has 1 rings (SSSR count). The summed E-state index contributed by atoms with van der Waals surface area (Å²) in [6.07, 6.45) is 0. The molecule has 0 aromatic heterocycles. The number of benzene rings is 1. The predicted molar refractivity (Wildman–Crippen MR) is 65.2 cm³/mol. The van der Waals surface area contributed by atoms with Gasteiger partial charge in [-0.1, -0.05) is 25.4 Å². The van der Waals surface area contributed by atoms with E-state index in [-0.39, 0.29) is 5.78 Å². The average Bonchev–Trinajstić information content (AvgIpc) is 2.28. The summed E-state index contributed by atoms with van der Waals surface area (Å²) in [5, 5.41) is 0.490. The molecule has 0 heterocycles. The molecule has 0 bridgehead atoms. The molecule has 4 heteroatoms. The van der Waals surface area contributed by atoms with Gasteiger partial charge in [-0.2, -0.15) is 0 Å². The van der Waals surface area contributed by atoms with Crippen molar-refractivity contribution in [3.05, 3.63) is 28.8 Å². The van der Waals surface area contributed by atoms with Gasteiger partial charge >= 0.3 is 0 Å².